The predicted molar refractivity (Wildman–Crippen MR) is 98.9 cm³/mol. The third-order valence-electron chi connectivity index (χ3n) is 4.60. The Kier molecular flexibility index (Phi) is 5.47. The van der Waals surface area contributed by atoms with E-state index in [9.17, 15) is 14.7 Å². The fraction of sp³-hybridized carbons (Fsp3) is 0.300. The second-order valence-corrected chi connectivity index (χ2v) is 6.74. The normalized spacial score (nSPS) is 16.5. The summed E-state index contributed by atoms with van der Waals surface area (Å²) in [6.07, 6.45) is 1.73. The molecule has 1 aliphatic rings. The fourth-order valence-corrected chi connectivity index (χ4v) is 3.50. The Labute approximate surface area is 157 Å². The lowest BCUT2D eigenvalue weighted by Gasteiger charge is -2.22. The molecule has 1 aliphatic heterocycles. The van der Waals surface area contributed by atoms with Crippen LogP contribution in [0.25, 0.3) is 0 Å². The second-order valence-electron chi connectivity index (χ2n) is 6.33. The quantitative estimate of drug-likeness (QED) is 0.869. The maximum atomic E-state index is 12.9. The molecular formula is C20H20ClNO4. The molecule has 1 fully saturated rings. The van der Waals surface area contributed by atoms with E-state index in [1.165, 1.54) is 4.90 Å². The topological polar surface area (TPSA) is 66.8 Å². The van der Waals surface area contributed by atoms with Crippen LogP contribution in [0.4, 0.5) is 0 Å². The number of carbonyl (C=O) groups is 2. The number of likely N-dealkylation sites (tertiary alicyclic amines) is 1. The molecule has 0 aromatic heterocycles. The number of amides is 1. The Morgan fingerprint density at radius 2 is 2.04 bits per heavy atom. The zero-order valence-electron chi connectivity index (χ0n) is 14.4. The summed E-state index contributed by atoms with van der Waals surface area (Å²) < 4.78 is 5.33. The third-order valence-corrected chi connectivity index (χ3v) is 4.97. The molecule has 0 radical (unpaired) electrons. The summed E-state index contributed by atoms with van der Waals surface area (Å²) in [5.41, 5.74) is 2.26. The van der Waals surface area contributed by atoms with Crippen LogP contribution in [0, 0.1) is 0 Å². The maximum Gasteiger partial charge on any atom is 0.326 e. The van der Waals surface area contributed by atoms with Crippen molar-refractivity contribution >= 4 is 23.5 Å². The number of benzene rings is 2. The molecule has 1 heterocycles. The first-order chi connectivity index (χ1) is 12.5. The van der Waals surface area contributed by atoms with E-state index in [1.54, 1.807) is 19.2 Å². The van der Waals surface area contributed by atoms with Crippen molar-refractivity contribution in [2.45, 2.75) is 25.3 Å². The number of halogens is 1. The van der Waals surface area contributed by atoms with E-state index in [4.69, 9.17) is 16.3 Å². The standard InChI is InChI=1S/C20H20ClNO4/c1-26-16-11-13(9-14-5-2-3-6-17(14)21)10-15(12-16)19(23)22-8-4-7-18(22)20(24)25/h2-3,5-6,10-12,18H,4,7-9H2,1H3,(H,24,25). The van der Waals surface area contributed by atoms with Crippen LogP contribution in [0.2, 0.25) is 5.02 Å². The number of methoxy groups -OCH3 is 1. The largest absolute Gasteiger partial charge is 0.497 e. The van der Waals surface area contributed by atoms with Crippen LogP contribution in [0.15, 0.2) is 42.5 Å². The number of carbonyl (C=O) groups excluding carboxylic acids is 1. The highest BCUT2D eigenvalue weighted by atomic mass is 35.5. The Morgan fingerprint density at radius 3 is 2.73 bits per heavy atom. The van der Waals surface area contributed by atoms with E-state index in [-0.39, 0.29) is 5.91 Å². The minimum absolute atomic E-state index is 0.283. The lowest BCUT2D eigenvalue weighted by atomic mass is 10.0. The van der Waals surface area contributed by atoms with Gasteiger partial charge in [0.05, 0.1) is 7.11 Å². The number of hydrogen-bond donors (Lipinski definition) is 1. The van der Waals surface area contributed by atoms with Crippen LogP contribution in [-0.4, -0.2) is 41.6 Å². The second kappa shape index (κ2) is 7.79. The van der Waals surface area contributed by atoms with Gasteiger partial charge in [-0.05, 0) is 54.7 Å². The van der Waals surface area contributed by atoms with Crippen LogP contribution in [0.1, 0.15) is 34.3 Å². The van der Waals surface area contributed by atoms with Crippen LogP contribution in [0.3, 0.4) is 0 Å². The van der Waals surface area contributed by atoms with Gasteiger partial charge in [0.15, 0.2) is 0 Å². The van der Waals surface area contributed by atoms with Gasteiger partial charge in [0.1, 0.15) is 11.8 Å². The van der Waals surface area contributed by atoms with Gasteiger partial charge < -0.3 is 14.7 Å². The molecule has 1 atom stereocenters. The number of hydrogen-bond acceptors (Lipinski definition) is 3. The molecule has 0 bridgehead atoms. The molecular weight excluding hydrogens is 354 g/mol. The van der Waals surface area contributed by atoms with Gasteiger partial charge in [-0.3, -0.25) is 4.79 Å². The molecule has 6 heteroatoms. The van der Waals surface area contributed by atoms with Gasteiger partial charge in [0.2, 0.25) is 0 Å². The summed E-state index contributed by atoms with van der Waals surface area (Å²) >= 11 is 6.24. The summed E-state index contributed by atoms with van der Waals surface area (Å²) in [6, 6.07) is 12.1. The van der Waals surface area contributed by atoms with Crippen molar-refractivity contribution in [3.63, 3.8) is 0 Å². The van der Waals surface area contributed by atoms with Gasteiger partial charge in [-0.25, -0.2) is 4.79 Å². The van der Waals surface area contributed by atoms with E-state index >= 15 is 0 Å². The Balaban J connectivity index is 1.91. The summed E-state index contributed by atoms with van der Waals surface area (Å²) in [4.78, 5) is 25.7. The molecule has 0 saturated carbocycles. The predicted octanol–water partition coefficient (Wildman–Crippen LogP) is 3.63. The number of carboxylic acid groups (broad SMARTS) is 1. The number of nitrogens with zero attached hydrogens (tertiary/aromatic N) is 1. The highest BCUT2D eigenvalue weighted by Gasteiger charge is 2.34. The van der Waals surface area contributed by atoms with Crippen LogP contribution < -0.4 is 4.74 Å². The monoisotopic (exact) mass is 373 g/mol. The fourth-order valence-electron chi connectivity index (χ4n) is 3.30. The van der Waals surface area contributed by atoms with Crippen molar-refractivity contribution in [1.82, 2.24) is 4.90 Å². The third kappa shape index (κ3) is 3.83. The molecule has 0 aliphatic carbocycles. The van der Waals surface area contributed by atoms with E-state index in [0.717, 1.165) is 11.1 Å². The molecule has 1 N–H and O–H groups in total. The van der Waals surface area contributed by atoms with Gasteiger partial charge in [0, 0.05) is 17.1 Å². The van der Waals surface area contributed by atoms with Gasteiger partial charge in [-0.15, -0.1) is 0 Å². The molecule has 3 rings (SSSR count). The van der Waals surface area contributed by atoms with Crippen LogP contribution in [0.5, 0.6) is 5.75 Å². The first-order valence-electron chi connectivity index (χ1n) is 8.44. The average molecular weight is 374 g/mol. The first-order valence-corrected chi connectivity index (χ1v) is 8.82. The number of carboxylic acids is 1. The lowest BCUT2D eigenvalue weighted by Crippen LogP contribution is -2.40. The molecule has 5 nitrogen and oxygen atoms in total. The summed E-state index contributed by atoms with van der Waals surface area (Å²) in [5, 5.41) is 9.99. The molecule has 1 unspecified atom stereocenters. The van der Waals surface area contributed by atoms with Crippen molar-refractivity contribution < 1.29 is 19.4 Å². The number of rotatable bonds is 5. The molecule has 1 saturated heterocycles. The van der Waals surface area contributed by atoms with Crippen molar-refractivity contribution in [3.05, 3.63) is 64.2 Å². The van der Waals surface area contributed by atoms with Crippen LogP contribution in [-0.2, 0) is 11.2 Å². The zero-order chi connectivity index (χ0) is 18.7. The average Bonchev–Trinajstić information content (AvgIpc) is 3.13. The van der Waals surface area contributed by atoms with Crippen molar-refractivity contribution in [1.29, 1.82) is 0 Å². The summed E-state index contributed by atoms with van der Waals surface area (Å²) in [7, 11) is 1.54. The molecule has 2 aromatic carbocycles. The number of ether oxygens (including phenoxy) is 1. The highest BCUT2D eigenvalue weighted by molar-refractivity contribution is 6.31. The zero-order valence-corrected chi connectivity index (χ0v) is 15.2. The van der Waals surface area contributed by atoms with Gasteiger partial charge >= 0.3 is 5.97 Å². The highest BCUT2D eigenvalue weighted by Crippen LogP contribution is 2.26. The van der Waals surface area contributed by atoms with Gasteiger partial charge in [-0.2, -0.15) is 0 Å². The molecule has 2 aromatic rings. The summed E-state index contributed by atoms with van der Waals surface area (Å²) in [6.45, 7) is 0.451. The van der Waals surface area contributed by atoms with E-state index in [0.29, 0.717) is 42.1 Å². The summed E-state index contributed by atoms with van der Waals surface area (Å²) in [5.74, 6) is -0.687. The first kappa shape index (κ1) is 18.3. The SMILES string of the molecule is COc1cc(Cc2ccccc2Cl)cc(C(=O)N2CCCC2C(=O)O)c1. The number of aliphatic carboxylic acids is 1. The lowest BCUT2D eigenvalue weighted by molar-refractivity contribution is -0.141. The smallest absolute Gasteiger partial charge is 0.326 e. The Morgan fingerprint density at radius 1 is 1.27 bits per heavy atom. The molecule has 0 spiro atoms. The van der Waals surface area contributed by atoms with E-state index in [1.807, 2.05) is 30.3 Å². The van der Waals surface area contributed by atoms with E-state index in [2.05, 4.69) is 0 Å². The Bertz CT molecular complexity index is 836. The molecule has 1 amide bonds. The van der Waals surface area contributed by atoms with Crippen molar-refractivity contribution in [3.8, 4) is 5.75 Å². The minimum Gasteiger partial charge on any atom is -0.497 e. The van der Waals surface area contributed by atoms with Crippen molar-refractivity contribution in [2.75, 3.05) is 13.7 Å². The van der Waals surface area contributed by atoms with Gasteiger partial charge in [0.25, 0.3) is 5.91 Å². The maximum absolute atomic E-state index is 12.9. The molecule has 136 valence electrons. The molecule has 26 heavy (non-hydrogen) atoms. The van der Waals surface area contributed by atoms with Gasteiger partial charge in [-0.1, -0.05) is 29.8 Å². The van der Waals surface area contributed by atoms with Crippen molar-refractivity contribution in [2.24, 2.45) is 0 Å². The van der Waals surface area contributed by atoms with Crippen LogP contribution >= 0.6 is 11.6 Å². The Hall–Kier alpha value is -2.53. The van der Waals surface area contributed by atoms with E-state index < -0.39 is 12.0 Å². The minimum atomic E-state index is -0.963.